The molecule has 0 spiro atoms. The molecule has 0 saturated heterocycles. The van der Waals surface area contributed by atoms with Crippen molar-refractivity contribution in [3.05, 3.63) is 22.7 Å². The summed E-state index contributed by atoms with van der Waals surface area (Å²) >= 11 is 3.29. The summed E-state index contributed by atoms with van der Waals surface area (Å²) in [4.78, 5) is 23.2. The summed E-state index contributed by atoms with van der Waals surface area (Å²) in [5.74, 6) is -0.779. The van der Waals surface area contributed by atoms with Gasteiger partial charge in [0.25, 0.3) is 0 Å². The van der Waals surface area contributed by atoms with Crippen molar-refractivity contribution in [2.45, 2.75) is 27.2 Å². The minimum atomic E-state index is -3.25. The Hall–Kier alpha value is -1.41. The van der Waals surface area contributed by atoms with Crippen molar-refractivity contribution in [2.24, 2.45) is 5.92 Å². The average molecular weight is 405 g/mol. The van der Waals surface area contributed by atoms with Crippen molar-refractivity contribution >= 4 is 49.0 Å². The van der Waals surface area contributed by atoms with Gasteiger partial charge in [-0.2, -0.15) is 0 Å². The van der Waals surface area contributed by atoms with E-state index in [0.29, 0.717) is 11.4 Å². The summed E-state index contributed by atoms with van der Waals surface area (Å²) in [5.41, 5.74) is 0.875. The zero-order valence-corrected chi connectivity index (χ0v) is 15.8. The molecule has 6 nitrogen and oxygen atoms in total. The predicted octanol–water partition coefficient (Wildman–Crippen LogP) is 2.81. The second-order valence-electron chi connectivity index (χ2n) is 5.68. The molecule has 0 heterocycles. The smallest absolute Gasteiger partial charge is 0.225 e. The molecule has 8 heteroatoms. The van der Waals surface area contributed by atoms with Crippen molar-refractivity contribution in [1.29, 1.82) is 0 Å². The van der Waals surface area contributed by atoms with Crippen LogP contribution in [-0.2, 0) is 19.4 Å². The fourth-order valence-corrected chi connectivity index (χ4v) is 4.01. The van der Waals surface area contributed by atoms with Crippen LogP contribution in [0.3, 0.4) is 0 Å². The number of halogens is 1. The molecule has 128 valence electrons. The first kappa shape index (κ1) is 19.6. The fourth-order valence-electron chi connectivity index (χ4n) is 1.97. The normalized spacial score (nSPS) is 11.3. The maximum atomic E-state index is 12.0. The first-order chi connectivity index (χ1) is 10.6. The summed E-state index contributed by atoms with van der Waals surface area (Å²) in [6.45, 7) is 5.00. The van der Waals surface area contributed by atoms with Gasteiger partial charge in [-0.15, -0.1) is 0 Å². The van der Waals surface area contributed by atoms with Crippen molar-refractivity contribution in [2.75, 3.05) is 22.1 Å². The Balaban J connectivity index is 2.74. The van der Waals surface area contributed by atoms with Crippen molar-refractivity contribution < 1.29 is 18.0 Å². The Labute approximate surface area is 145 Å². The van der Waals surface area contributed by atoms with E-state index in [9.17, 15) is 18.0 Å². The molecular formula is C15H21BrN2O4S. The maximum Gasteiger partial charge on any atom is 0.225 e. The minimum absolute atomic E-state index is 0.0273. The summed E-state index contributed by atoms with van der Waals surface area (Å²) in [6, 6.07) is 5.02. The maximum absolute atomic E-state index is 12.0. The van der Waals surface area contributed by atoms with E-state index in [1.165, 1.54) is 6.92 Å². The Morgan fingerprint density at radius 3 is 2.39 bits per heavy atom. The van der Waals surface area contributed by atoms with E-state index in [1.807, 2.05) is 13.8 Å². The monoisotopic (exact) mass is 404 g/mol. The van der Waals surface area contributed by atoms with E-state index in [4.69, 9.17) is 0 Å². The molecule has 0 atom stereocenters. The lowest BCUT2D eigenvalue weighted by Crippen LogP contribution is -2.21. The van der Waals surface area contributed by atoms with Crippen LogP contribution in [0.1, 0.15) is 27.2 Å². The van der Waals surface area contributed by atoms with Crippen LogP contribution in [0.2, 0.25) is 0 Å². The van der Waals surface area contributed by atoms with Crippen molar-refractivity contribution in [3.8, 4) is 0 Å². The molecule has 0 radical (unpaired) electrons. The zero-order valence-electron chi connectivity index (χ0n) is 13.3. The summed E-state index contributed by atoms with van der Waals surface area (Å²) in [7, 11) is -3.25. The number of rotatable bonds is 7. The summed E-state index contributed by atoms with van der Waals surface area (Å²) < 4.78 is 24.4. The third kappa shape index (κ3) is 7.60. The lowest BCUT2D eigenvalue weighted by Gasteiger charge is -2.12. The van der Waals surface area contributed by atoms with E-state index in [-0.39, 0.29) is 29.8 Å². The van der Waals surface area contributed by atoms with Crippen LogP contribution in [0.5, 0.6) is 0 Å². The molecule has 0 saturated carbocycles. The van der Waals surface area contributed by atoms with Crippen molar-refractivity contribution in [1.82, 2.24) is 0 Å². The van der Waals surface area contributed by atoms with E-state index in [0.717, 1.165) is 4.47 Å². The topological polar surface area (TPSA) is 92.3 Å². The van der Waals surface area contributed by atoms with Gasteiger partial charge in [-0.1, -0.05) is 29.8 Å². The molecule has 0 bridgehead atoms. The lowest BCUT2D eigenvalue weighted by molar-refractivity contribution is -0.116. The first-order valence-electron chi connectivity index (χ1n) is 7.16. The molecule has 0 aliphatic rings. The number of carbonyl (C=O) groups excluding carboxylic acids is 2. The van der Waals surface area contributed by atoms with Gasteiger partial charge in [0, 0.05) is 17.8 Å². The third-order valence-corrected chi connectivity index (χ3v) is 5.29. The number of hydrogen-bond acceptors (Lipinski definition) is 4. The second-order valence-corrected chi connectivity index (χ2v) is 8.82. The van der Waals surface area contributed by atoms with Crippen LogP contribution in [0.15, 0.2) is 22.7 Å². The van der Waals surface area contributed by atoms with E-state index in [1.54, 1.807) is 18.2 Å². The molecule has 0 fully saturated rings. The number of anilines is 2. The first-order valence-corrected chi connectivity index (χ1v) is 9.78. The van der Waals surface area contributed by atoms with Crippen LogP contribution in [0.4, 0.5) is 11.4 Å². The summed E-state index contributed by atoms with van der Waals surface area (Å²) in [6.07, 6.45) is -0.124. The number of sulfone groups is 1. The second kappa shape index (κ2) is 8.44. The molecule has 0 aliphatic carbocycles. The highest BCUT2D eigenvalue weighted by molar-refractivity contribution is 9.10. The average Bonchev–Trinajstić information content (AvgIpc) is 2.38. The molecule has 0 aliphatic heterocycles. The largest absolute Gasteiger partial charge is 0.325 e. The molecule has 2 amide bonds. The molecular weight excluding hydrogens is 384 g/mol. The van der Waals surface area contributed by atoms with Gasteiger partial charge in [-0.05, 0) is 24.1 Å². The quantitative estimate of drug-likeness (QED) is 0.730. The number of nitrogens with one attached hydrogen (secondary N) is 2. The Kier molecular flexibility index (Phi) is 7.21. The van der Waals surface area contributed by atoms with E-state index < -0.39 is 15.7 Å². The Morgan fingerprint density at radius 1 is 1.17 bits per heavy atom. The number of benzene rings is 1. The van der Waals surface area contributed by atoms with Crippen LogP contribution in [0, 0.1) is 5.92 Å². The Bertz CT molecular complexity index is 687. The molecule has 0 aromatic heterocycles. The SMILES string of the molecule is CC(=O)Nc1ccc(Br)cc1NC(=O)CCS(=O)(=O)CC(C)C. The Morgan fingerprint density at radius 2 is 1.83 bits per heavy atom. The van der Waals surface area contributed by atoms with Crippen LogP contribution in [-0.4, -0.2) is 31.7 Å². The third-order valence-electron chi connectivity index (χ3n) is 2.79. The van der Waals surface area contributed by atoms with Gasteiger partial charge in [-0.25, -0.2) is 8.42 Å². The molecule has 23 heavy (non-hydrogen) atoms. The van der Waals surface area contributed by atoms with Gasteiger partial charge >= 0.3 is 0 Å². The molecule has 1 rings (SSSR count). The fraction of sp³-hybridized carbons (Fsp3) is 0.467. The van der Waals surface area contributed by atoms with Gasteiger partial charge in [0.05, 0.1) is 22.9 Å². The number of hydrogen-bond donors (Lipinski definition) is 2. The number of amides is 2. The van der Waals surface area contributed by atoms with Gasteiger partial charge in [-0.3, -0.25) is 9.59 Å². The highest BCUT2D eigenvalue weighted by atomic mass is 79.9. The van der Waals surface area contributed by atoms with Gasteiger partial charge in [0.15, 0.2) is 9.84 Å². The zero-order chi connectivity index (χ0) is 17.6. The standard InChI is InChI=1S/C15H21BrN2O4S/c1-10(2)9-23(21,22)7-6-15(20)18-14-8-12(16)4-5-13(14)17-11(3)19/h4-5,8,10H,6-7,9H2,1-3H3,(H,17,19)(H,18,20). The lowest BCUT2D eigenvalue weighted by atomic mass is 10.2. The minimum Gasteiger partial charge on any atom is -0.325 e. The van der Waals surface area contributed by atoms with Gasteiger partial charge < -0.3 is 10.6 Å². The molecule has 0 unspecified atom stereocenters. The van der Waals surface area contributed by atoms with Gasteiger partial charge in [0.1, 0.15) is 0 Å². The van der Waals surface area contributed by atoms with Gasteiger partial charge in [0.2, 0.25) is 11.8 Å². The predicted molar refractivity (Wildman–Crippen MR) is 95.2 cm³/mol. The van der Waals surface area contributed by atoms with Crippen LogP contribution < -0.4 is 10.6 Å². The van der Waals surface area contributed by atoms with Crippen molar-refractivity contribution in [3.63, 3.8) is 0 Å². The number of carbonyl (C=O) groups is 2. The van der Waals surface area contributed by atoms with Crippen LogP contribution >= 0.6 is 15.9 Å². The molecule has 1 aromatic carbocycles. The highest BCUT2D eigenvalue weighted by Crippen LogP contribution is 2.26. The highest BCUT2D eigenvalue weighted by Gasteiger charge is 2.16. The molecule has 1 aromatic rings. The van der Waals surface area contributed by atoms with E-state index in [2.05, 4.69) is 26.6 Å². The van der Waals surface area contributed by atoms with Crippen LogP contribution in [0.25, 0.3) is 0 Å². The molecule has 2 N–H and O–H groups in total. The summed E-state index contributed by atoms with van der Waals surface area (Å²) in [5, 5.41) is 5.25. The van der Waals surface area contributed by atoms with E-state index >= 15 is 0 Å².